The molecular weight excluding hydrogens is 1840 g/mol. The molecule has 0 saturated heterocycles. The fraction of sp³-hybridized carbons (Fsp3) is 0. The summed E-state index contributed by atoms with van der Waals surface area (Å²) in [5, 5.41) is 0. The third-order valence-electron chi connectivity index (χ3n) is 0. The van der Waals surface area contributed by atoms with Gasteiger partial charge in [0.1, 0.15) is 0 Å². The van der Waals surface area contributed by atoms with Crippen LogP contribution in [0.25, 0.3) is 0 Å². The maximum atomic E-state index is 0. The van der Waals surface area contributed by atoms with Crippen LogP contribution in [0.15, 0.2) is 0 Å². The number of hydrogen-bond acceptors (Lipinski definition) is 0. The van der Waals surface area contributed by atoms with Crippen LogP contribution in [0.4, 0.5) is 0 Å². The van der Waals surface area contributed by atoms with Crippen LogP contribution in [-0.2, 0) is 399 Å². The van der Waals surface area contributed by atoms with E-state index in [2.05, 4.69) is 0 Å². The number of hydrogen-bond donors (Lipinski definition) is 0. The molecule has 0 heterocycles. The SMILES string of the molecule is [O-2].[O-2].[O-2].[O-2].[O-2].[O-2].[O-2].[O-2].[O-2].[O-2].[O-2].[O-2].[O-2].[O-2].[O-2].[O-2].[O-2].[O-2].[O-2].[O-2].[O-2].[O-2].[O-2].[O-2].[O-2].[O-2].[O-2].[O-2].[O-2].[O-2].[O-2].[O-2].[O-2].[O-2].[O-2].[O-2].[O-2].[O-2].[O-2].[O-2].[O-2].[O-2].[O-2].[O-2].[O-2].[O-2].[O-2].[O-2].[O-2].[Th+4].[Th+4].[Th+4].[Y+3].[Y+3].[Y+3].[Y+3]. The molecule has 0 aromatic rings. The monoisotopic (exact) mass is 1840 g/mol. The van der Waals surface area contributed by atoms with Gasteiger partial charge in [-0.3, -0.25) is 0 Å². The predicted molar refractivity (Wildman–Crippen MR) is 33.6 cm³/mol. The number of rotatable bonds is 0. The van der Waals surface area contributed by atoms with Crippen molar-refractivity contribution in [2.75, 3.05) is 0 Å². The van der Waals surface area contributed by atoms with Crippen LogP contribution >= 0.6 is 0 Å². The fourth-order valence-corrected chi connectivity index (χ4v) is 0. The molecule has 0 unspecified atom stereocenters. The van der Waals surface area contributed by atoms with E-state index < -0.39 is 0 Å². The Kier molecular flexibility index (Phi) is 552000. The van der Waals surface area contributed by atoms with Crippen LogP contribution in [0.3, 0.4) is 0 Å². The van der Waals surface area contributed by atoms with Gasteiger partial charge in [-0.15, -0.1) is 0 Å². The summed E-state index contributed by atoms with van der Waals surface area (Å²) in [5.74, 6) is 0. The minimum Gasteiger partial charge on any atom is -2.00 e. The summed E-state index contributed by atoms with van der Waals surface area (Å²) in [4.78, 5) is 0. The quantitative estimate of drug-likeness (QED) is 0.219. The first-order valence-corrected chi connectivity index (χ1v) is 0. The van der Waals surface area contributed by atoms with E-state index in [-0.39, 0.29) is 519 Å². The van der Waals surface area contributed by atoms with Gasteiger partial charge in [0, 0.05) is 0 Å². The summed E-state index contributed by atoms with van der Waals surface area (Å²) in [5.41, 5.74) is 0. The Hall–Kier alpha value is 6.43. The molecular formula is O49Th3Y4-74. The van der Waals surface area contributed by atoms with Crippen molar-refractivity contribution in [1.82, 2.24) is 0 Å². The molecule has 0 aliphatic heterocycles. The molecule has 0 spiro atoms. The van der Waals surface area contributed by atoms with Gasteiger partial charge in [-0.25, -0.2) is 0 Å². The van der Waals surface area contributed by atoms with Crippen molar-refractivity contribution in [3.63, 3.8) is 0 Å². The molecule has 0 rings (SSSR count). The molecule has 0 aliphatic carbocycles. The van der Waals surface area contributed by atoms with E-state index in [1.807, 2.05) is 0 Å². The zero-order chi connectivity index (χ0) is 0. The van der Waals surface area contributed by atoms with E-state index in [1.54, 1.807) is 0 Å². The molecule has 49 nitrogen and oxygen atoms in total. The smallest absolute Gasteiger partial charge is 2.00 e. The molecule has 0 radical (unpaired) electrons. The van der Waals surface area contributed by atoms with E-state index in [0.717, 1.165) is 0 Å². The molecule has 0 aromatic heterocycles. The topological polar surface area (TPSA) is 1400 Å². The van der Waals surface area contributed by atoms with Gasteiger partial charge in [0.05, 0.1) is 0 Å². The first kappa shape index (κ1) is 5700. The summed E-state index contributed by atoms with van der Waals surface area (Å²) >= 11 is 0. The first-order valence-electron chi connectivity index (χ1n) is 0. The summed E-state index contributed by atoms with van der Waals surface area (Å²) in [6.07, 6.45) is 0. The van der Waals surface area contributed by atoms with Crippen LogP contribution in [0.1, 0.15) is 0 Å². The Morgan fingerprint density at radius 2 is 0.0536 bits per heavy atom. The Morgan fingerprint density at radius 1 is 0.0536 bits per heavy atom. The van der Waals surface area contributed by atoms with E-state index >= 15 is 0 Å². The molecule has 0 saturated carbocycles. The molecule has 0 N–H and O–H groups in total. The minimum absolute atomic E-state index is 0. The standard InChI is InChI=1S/49O.3Th.4Y/q49*-2;3*+4;4*+3. The van der Waals surface area contributed by atoms with Crippen molar-refractivity contribution < 1.29 is 519 Å². The second-order valence-corrected chi connectivity index (χ2v) is 0. The average Bonchev–Trinajstić information content (AvgIpc) is 0. The predicted octanol–water partition coefficient (Wildman–Crippen LogP) is -5.83. The van der Waals surface area contributed by atoms with Crippen molar-refractivity contribution >= 4 is 0 Å². The summed E-state index contributed by atoms with van der Waals surface area (Å²) in [6, 6.07) is 0. The Balaban J connectivity index is 0. The van der Waals surface area contributed by atoms with E-state index in [4.69, 9.17) is 0 Å². The van der Waals surface area contributed by atoms with Crippen LogP contribution in [-0.4, -0.2) is 0 Å². The van der Waals surface area contributed by atoms with Crippen LogP contribution in [0.2, 0.25) is 0 Å². The van der Waals surface area contributed by atoms with Crippen molar-refractivity contribution in [3.05, 3.63) is 0 Å². The maximum absolute atomic E-state index is 0. The maximum Gasteiger partial charge on any atom is 4.00 e. The van der Waals surface area contributed by atoms with Gasteiger partial charge in [-0.1, -0.05) is 0 Å². The third-order valence-corrected chi connectivity index (χ3v) is 0. The van der Waals surface area contributed by atoms with Gasteiger partial charge < -0.3 is 268 Å². The van der Waals surface area contributed by atoms with Crippen molar-refractivity contribution in [1.29, 1.82) is 0 Å². The summed E-state index contributed by atoms with van der Waals surface area (Å²) < 4.78 is 0. The van der Waals surface area contributed by atoms with Crippen molar-refractivity contribution in [3.8, 4) is 0 Å². The van der Waals surface area contributed by atoms with Gasteiger partial charge >= 0.3 is 251 Å². The second kappa shape index (κ2) is 5430. The van der Waals surface area contributed by atoms with E-state index in [9.17, 15) is 0 Å². The average molecular weight is 1840 g/mol. The molecule has 0 aliphatic rings. The molecule has 56 heavy (non-hydrogen) atoms. The van der Waals surface area contributed by atoms with Crippen LogP contribution in [0, 0.1) is 120 Å². The normalized spacial score (nSPS) is 0. The molecule has 0 amide bonds. The minimum atomic E-state index is 0. The van der Waals surface area contributed by atoms with Crippen molar-refractivity contribution in [2.24, 2.45) is 0 Å². The first-order chi connectivity index (χ1) is 0. The van der Waals surface area contributed by atoms with Crippen LogP contribution in [0.5, 0.6) is 0 Å². The molecule has 0 aromatic carbocycles. The van der Waals surface area contributed by atoms with Gasteiger partial charge in [-0.2, -0.15) is 0 Å². The van der Waals surface area contributed by atoms with Gasteiger partial charge in [-0.05, 0) is 0 Å². The zero-order valence-corrected chi connectivity index (χ0v) is 47.5. The summed E-state index contributed by atoms with van der Waals surface area (Å²) in [6.45, 7) is 0. The Bertz CT molecular complexity index is 37.3. The van der Waals surface area contributed by atoms with Gasteiger partial charge in [0.25, 0.3) is 0 Å². The summed E-state index contributed by atoms with van der Waals surface area (Å²) in [7, 11) is 0. The molecule has 56 heteroatoms. The molecule has 0 bridgehead atoms. The Labute approximate surface area is 510 Å². The third kappa shape index (κ3) is 5160. The van der Waals surface area contributed by atoms with Gasteiger partial charge in [0.2, 0.25) is 0 Å². The van der Waals surface area contributed by atoms with E-state index in [1.165, 1.54) is 0 Å². The fourth-order valence-electron chi connectivity index (χ4n) is 0. The molecule has 392 valence electrons. The largest absolute Gasteiger partial charge is 4.00 e. The molecule has 0 fully saturated rings. The van der Waals surface area contributed by atoms with Crippen LogP contribution < -0.4 is 0 Å². The second-order valence-electron chi connectivity index (χ2n) is 0. The Morgan fingerprint density at radius 3 is 0.0536 bits per heavy atom. The van der Waals surface area contributed by atoms with Gasteiger partial charge in [0.15, 0.2) is 0 Å². The van der Waals surface area contributed by atoms with Crippen molar-refractivity contribution in [2.45, 2.75) is 0 Å². The van der Waals surface area contributed by atoms with E-state index in [0.29, 0.717) is 0 Å². The molecule has 0 atom stereocenters. The zero-order valence-electron chi connectivity index (χ0n) is 23.8.